The Morgan fingerprint density at radius 1 is 1.28 bits per heavy atom. The van der Waals surface area contributed by atoms with E-state index in [1.54, 1.807) is 13.8 Å². The Bertz CT molecular complexity index is 799. The van der Waals surface area contributed by atoms with E-state index in [2.05, 4.69) is 11.9 Å². The Morgan fingerprint density at radius 3 is 2.47 bits per heavy atom. The largest absolute Gasteiger partial charge is 0.440 e. The number of Topliss-reactive ketones (excluding diaryl/α,β-unsaturated/α-hetero) is 1. The minimum absolute atomic E-state index is 0.150. The van der Waals surface area contributed by atoms with E-state index in [0.29, 0.717) is 25.8 Å². The Kier molecular flexibility index (Phi) is 6.12. The molecule has 1 heterocycles. The number of ether oxygens (including phenoxy) is 2. The standard InChI is InChI=1S/C24H39NO7/c1-8-12-25-19(29)31-18-16(28)17-20(3,4)11-10-14(26)22(17,6)24(30)15(27)13-21(5,9-2)32-23(18,24)7/h9,14,16-18,26,28,30H,2,8,10-13H2,1,3-7H3,(H,25,29)/t14-,16-,17-,18-,21-,22-,23+,24-/m0/s1. The van der Waals surface area contributed by atoms with Crippen molar-refractivity contribution in [3.8, 4) is 0 Å². The van der Waals surface area contributed by atoms with Crippen molar-refractivity contribution in [3.63, 3.8) is 0 Å². The molecule has 0 aromatic carbocycles. The predicted octanol–water partition coefficient (Wildman–Crippen LogP) is 2.09. The summed E-state index contributed by atoms with van der Waals surface area (Å²) >= 11 is 0. The average Bonchev–Trinajstić information content (AvgIpc) is 2.70. The van der Waals surface area contributed by atoms with Gasteiger partial charge in [0.2, 0.25) is 0 Å². The Hall–Kier alpha value is -1.48. The maximum Gasteiger partial charge on any atom is 0.407 e. The number of fused-ring (bicyclic) bond motifs is 3. The van der Waals surface area contributed by atoms with Gasteiger partial charge in [-0.15, -0.1) is 6.58 Å². The topological polar surface area (TPSA) is 125 Å². The lowest BCUT2D eigenvalue weighted by atomic mass is 9.40. The van der Waals surface area contributed by atoms with Gasteiger partial charge in [-0.2, -0.15) is 0 Å². The molecule has 8 atom stereocenters. The third-order valence-corrected chi connectivity index (χ3v) is 8.48. The quantitative estimate of drug-likeness (QED) is 0.480. The van der Waals surface area contributed by atoms with Crippen LogP contribution in [0.25, 0.3) is 0 Å². The van der Waals surface area contributed by atoms with Crippen LogP contribution in [0.4, 0.5) is 4.79 Å². The number of amides is 1. The van der Waals surface area contributed by atoms with Crippen LogP contribution in [0, 0.1) is 16.7 Å². The summed E-state index contributed by atoms with van der Waals surface area (Å²) < 4.78 is 12.0. The first kappa shape index (κ1) is 25.1. The highest BCUT2D eigenvalue weighted by Crippen LogP contribution is 2.66. The third kappa shape index (κ3) is 3.17. The molecule has 8 heteroatoms. The molecule has 182 valence electrons. The lowest BCUT2D eigenvalue weighted by Gasteiger charge is -2.71. The number of nitrogens with one attached hydrogen (secondary N) is 1. The number of hydrogen-bond acceptors (Lipinski definition) is 7. The zero-order chi connectivity index (χ0) is 24.3. The monoisotopic (exact) mass is 453 g/mol. The number of aliphatic hydroxyl groups excluding tert-OH is 2. The van der Waals surface area contributed by atoms with E-state index in [4.69, 9.17) is 9.47 Å². The van der Waals surface area contributed by atoms with Gasteiger partial charge in [0.1, 0.15) is 5.60 Å². The zero-order valence-electron chi connectivity index (χ0n) is 20.1. The fourth-order valence-corrected chi connectivity index (χ4v) is 6.86. The molecule has 0 bridgehead atoms. The number of ketones is 1. The molecule has 0 aromatic rings. The molecule has 3 fully saturated rings. The van der Waals surface area contributed by atoms with Gasteiger partial charge in [-0.05, 0) is 38.5 Å². The Balaban J connectivity index is 2.23. The smallest absolute Gasteiger partial charge is 0.407 e. The summed E-state index contributed by atoms with van der Waals surface area (Å²) in [6.07, 6.45) is -1.51. The second-order valence-corrected chi connectivity index (χ2v) is 11.1. The van der Waals surface area contributed by atoms with Gasteiger partial charge in [0, 0.05) is 24.3 Å². The van der Waals surface area contributed by atoms with Crippen molar-refractivity contribution < 1.29 is 34.4 Å². The highest BCUT2D eigenvalue weighted by Gasteiger charge is 2.81. The second-order valence-electron chi connectivity index (χ2n) is 11.1. The summed E-state index contributed by atoms with van der Waals surface area (Å²) in [6, 6.07) is 0. The van der Waals surface area contributed by atoms with Gasteiger partial charge >= 0.3 is 6.09 Å². The van der Waals surface area contributed by atoms with Crippen molar-refractivity contribution in [1.29, 1.82) is 0 Å². The molecule has 0 aromatic heterocycles. The zero-order valence-corrected chi connectivity index (χ0v) is 20.1. The van der Waals surface area contributed by atoms with Gasteiger partial charge in [0.25, 0.3) is 0 Å². The molecule has 0 radical (unpaired) electrons. The highest BCUT2D eigenvalue weighted by molar-refractivity contribution is 5.92. The van der Waals surface area contributed by atoms with Crippen LogP contribution in [0.5, 0.6) is 0 Å². The van der Waals surface area contributed by atoms with E-state index in [9.17, 15) is 24.9 Å². The minimum Gasteiger partial charge on any atom is -0.440 e. The third-order valence-electron chi connectivity index (χ3n) is 8.48. The van der Waals surface area contributed by atoms with Crippen molar-refractivity contribution in [2.45, 2.75) is 102 Å². The molecule has 1 amide bonds. The average molecular weight is 454 g/mol. The number of alkyl carbamates (subject to hydrolysis) is 1. The van der Waals surface area contributed by atoms with E-state index in [0.717, 1.165) is 0 Å². The van der Waals surface area contributed by atoms with Crippen LogP contribution in [-0.4, -0.2) is 68.9 Å². The number of hydrogen-bond donors (Lipinski definition) is 4. The van der Waals surface area contributed by atoms with Gasteiger partial charge in [-0.25, -0.2) is 4.79 Å². The molecular formula is C24H39NO7. The fraction of sp³-hybridized carbons (Fsp3) is 0.833. The number of carbonyl (C=O) groups is 2. The first-order valence-corrected chi connectivity index (χ1v) is 11.5. The van der Waals surface area contributed by atoms with Gasteiger partial charge in [-0.1, -0.05) is 33.8 Å². The first-order chi connectivity index (χ1) is 14.6. The molecule has 0 unspecified atom stereocenters. The van der Waals surface area contributed by atoms with Crippen LogP contribution < -0.4 is 5.32 Å². The maximum absolute atomic E-state index is 13.7. The normalized spacial score (nSPS) is 47.7. The van der Waals surface area contributed by atoms with Gasteiger partial charge in [-0.3, -0.25) is 4.79 Å². The number of rotatable bonds is 4. The van der Waals surface area contributed by atoms with Crippen molar-refractivity contribution in [3.05, 3.63) is 12.7 Å². The first-order valence-electron chi connectivity index (χ1n) is 11.5. The minimum atomic E-state index is -2.21. The molecule has 2 aliphatic carbocycles. The molecule has 1 saturated heterocycles. The maximum atomic E-state index is 13.7. The van der Waals surface area contributed by atoms with E-state index in [-0.39, 0.29) is 6.42 Å². The summed E-state index contributed by atoms with van der Waals surface area (Å²) in [5, 5.41) is 37.8. The lowest BCUT2D eigenvalue weighted by Crippen LogP contribution is -2.86. The number of carbonyl (C=O) groups excluding carboxylic acids is 2. The molecule has 3 rings (SSSR count). The van der Waals surface area contributed by atoms with Gasteiger partial charge in [0.05, 0.1) is 17.8 Å². The molecule has 3 aliphatic rings. The lowest BCUT2D eigenvalue weighted by molar-refractivity contribution is -0.369. The van der Waals surface area contributed by atoms with Crippen LogP contribution in [0.15, 0.2) is 12.7 Å². The molecule has 0 spiro atoms. The SMILES string of the molecule is C=C[C@@]1(C)CC(=O)[C@]2(O)[C@@]3(C)[C@@H](O)CCC(C)(C)[C@@H]3[C@H](O)[C@H](OC(=O)NCCC)[C@@]2(C)O1. The van der Waals surface area contributed by atoms with Gasteiger partial charge < -0.3 is 30.1 Å². The van der Waals surface area contributed by atoms with E-state index in [1.807, 2.05) is 20.8 Å². The van der Waals surface area contributed by atoms with Crippen LogP contribution in [0.3, 0.4) is 0 Å². The van der Waals surface area contributed by atoms with Crippen molar-refractivity contribution in [1.82, 2.24) is 5.32 Å². The van der Waals surface area contributed by atoms with Crippen LogP contribution >= 0.6 is 0 Å². The number of aliphatic hydroxyl groups is 3. The van der Waals surface area contributed by atoms with Crippen molar-refractivity contribution >= 4 is 11.9 Å². The summed E-state index contributed by atoms with van der Waals surface area (Å²) in [7, 11) is 0. The molecule has 4 N–H and O–H groups in total. The van der Waals surface area contributed by atoms with Crippen molar-refractivity contribution in [2.75, 3.05) is 6.54 Å². The van der Waals surface area contributed by atoms with E-state index >= 15 is 0 Å². The molecule has 8 nitrogen and oxygen atoms in total. The highest BCUT2D eigenvalue weighted by atomic mass is 16.6. The Labute approximate surface area is 190 Å². The molecular weight excluding hydrogens is 414 g/mol. The van der Waals surface area contributed by atoms with Gasteiger partial charge in [0.15, 0.2) is 17.5 Å². The fourth-order valence-electron chi connectivity index (χ4n) is 6.86. The summed E-state index contributed by atoms with van der Waals surface area (Å²) in [6.45, 7) is 14.7. The molecule has 2 saturated carbocycles. The predicted molar refractivity (Wildman–Crippen MR) is 118 cm³/mol. The summed E-state index contributed by atoms with van der Waals surface area (Å²) in [5.74, 6) is -1.26. The van der Waals surface area contributed by atoms with Crippen molar-refractivity contribution in [2.24, 2.45) is 16.7 Å². The molecule has 1 aliphatic heterocycles. The van der Waals surface area contributed by atoms with E-state index in [1.165, 1.54) is 13.0 Å². The van der Waals surface area contributed by atoms with E-state index < -0.39 is 63.7 Å². The summed E-state index contributed by atoms with van der Waals surface area (Å²) in [5.41, 5.74) is -7.15. The van der Waals surface area contributed by atoms with Crippen LogP contribution in [0.2, 0.25) is 0 Å². The second kappa shape index (κ2) is 7.79. The van der Waals surface area contributed by atoms with Crippen LogP contribution in [-0.2, 0) is 14.3 Å². The Morgan fingerprint density at radius 2 is 1.91 bits per heavy atom. The van der Waals surface area contributed by atoms with Crippen LogP contribution in [0.1, 0.15) is 67.2 Å². The summed E-state index contributed by atoms with van der Waals surface area (Å²) in [4.78, 5) is 26.3. The molecule has 32 heavy (non-hydrogen) atoms.